The summed E-state index contributed by atoms with van der Waals surface area (Å²) < 4.78 is 14.3. The Kier molecular flexibility index (Phi) is 3.70. The van der Waals surface area contributed by atoms with Gasteiger partial charge in [-0.05, 0) is 39.5 Å². The zero-order valence-corrected chi connectivity index (χ0v) is 13.1. The molecule has 0 radical (unpaired) electrons. The molecule has 106 valence electrons. The highest BCUT2D eigenvalue weighted by atomic mass is 79.9. The van der Waals surface area contributed by atoms with E-state index in [1.807, 2.05) is 22.9 Å². The highest BCUT2D eigenvalue weighted by Gasteiger charge is 2.25. The van der Waals surface area contributed by atoms with Crippen LogP contribution in [0.5, 0.6) is 11.8 Å². The number of imidazole rings is 1. The summed E-state index contributed by atoms with van der Waals surface area (Å²) in [6, 6.07) is 8.90. The molecule has 0 amide bonds. The third-order valence-corrected chi connectivity index (χ3v) is 3.75. The van der Waals surface area contributed by atoms with E-state index in [0.29, 0.717) is 18.5 Å². The van der Waals surface area contributed by atoms with E-state index in [0.717, 1.165) is 16.9 Å². The quantitative estimate of drug-likeness (QED) is 0.855. The number of fused-ring (bicyclic) bond motifs is 1. The molecule has 1 aromatic heterocycles. The van der Waals surface area contributed by atoms with E-state index in [9.17, 15) is 0 Å². The van der Waals surface area contributed by atoms with Crippen molar-refractivity contribution in [3.8, 4) is 11.8 Å². The van der Waals surface area contributed by atoms with Gasteiger partial charge in [-0.3, -0.25) is 4.57 Å². The first kappa shape index (κ1) is 13.5. The number of hydrogen-bond acceptors (Lipinski definition) is 3. The third kappa shape index (κ3) is 2.82. The van der Waals surface area contributed by atoms with Crippen LogP contribution in [-0.2, 0) is 6.54 Å². The van der Waals surface area contributed by atoms with E-state index >= 15 is 0 Å². The van der Waals surface area contributed by atoms with Crippen LogP contribution in [0.4, 0.5) is 0 Å². The van der Waals surface area contributed by atoms with E-state index in [1.54, 1.807) is 0 Å². The van der Waals surface area contributed by atoms with Gasteiger partial charge in [0, 0.05) is 6.20 Å². The topological polar surface area (TPSA) is 36.3 Å². The predicted octanol–water partition coefficient (Wildman–Crippen LogP) is 3.61. The van der Waals surface area contributed by atoms with Crippen LogP contribution >= 0.6 is 15.9 Å². The van der Waals surface area contributed by atoms with Gasteiger partial charge >= 0.3 is 0 Å². The summed E-state index contributed by atoms with van der Waals surface area (Å²) in [5.74, 6) is 1.42. The molecule has 0 bridgehead atoms. The molecule has 20 heavy (non-hydrogen) atoms. The SMILES string of the molecule is CC(C)c1ccc(OC[C@@H]2Cn3cc(Br)nc3O2)cc1. The molecule has 0 aliphatic carbocycles. The lowest BCUT2D eigenvalue weighted by Crippen LogP contribution is -2.23. The molecule has 0 saturated carbocycles. The fourth-order valence-electron chi connectivity index (χ4n) is 2.22. The van der Waals surface area contributed by atoms with Crippen molar-refractivity contribution in [2.75, 3.05) is 6.61 Å². The minimum absolute atomic E-state index is 0.0235. The molecule has 3 rings (SSSR count). The van der Waals surface area contributed by atoms with Crippen molar-refractivity contribution in [1.29, 1.82) is 0 Å². The largest absolute Gasteiger partial charge is 0.490 e. The molecule has 1 atom stereocenters. The Morgan fingerprint density at radius 3 is 2.80 bits per heavy atom. The number of nitrogens with zero attached hydrogens (tertiary/aromatic N) is 2. The number of ether oxygens (including phenoxy) is 2. The number of halogens is 1. The average Bonchev–Trinajstić information content (AvgIpc) is 2.93. The first-order valence-electron chi connectivity index (χ1n) is 6.74. The van der Waals surface area contributed by atoms with Crippen molar-refractivity contribution in [1.82, 2.24) is 9.55 Å². The molecule has 4 nitrogen and oxygen atoms in total. The Balaban J connectivity index is 1.54. The number of benzene rings is 1. The Labute approximate surface area is 126 Å². The van der Waals surface area contributed by atoms with Gasteiger partial charge < -0.3 is 9.47 Å². The van der Waals surface area contributed by atoms with Gasteiger partial charge in [0.1, 0.15) is 17.0 Å². The van der Waals surface area contributed by atoms with Gasteiger partial charge in [0.05, 0.1) is 6.54 Å². The maximum absolute atomic E-state index is 5.78. The second-order valence-electron chi connectivity index (χ2n) is 5.27. The van der Waals surface area contributed by atoms with Gasteiger partial charge in [0.25, 0.3) is 6.01 Å². The molecule has 0 spiro atoms. The standard InChI is InChI=1S/C15H17BrN2O2/c1-10(2)11-3-5-12(6-4-11)19-9-13-7-18-8-14(16)17-15(18)20-13/h3-6,8,10,13H,7,9H2,1-2H3/t13-/m0/s1. The van der Waals surface area contributed by atoms with Crippen LogP contribution in [0.1, 0.15) is 25.3 Å². The van der Waals surface area contributed by atoms with E-state index in [-0.39, 0.29) is 6.10 Å². The van der Waals surface area contributed by atoms with Gasteiger partial charge in [0.15, 0.2) is 6.10 Å². The van der Waals surface area contributed by atoms with Gasteiger partial charge in [-0.25, -0.2) is 0 Å². The highest BCUT2D eigenvalue weighted by molar-refractivity contribution is 9.10. The molecule has 1 aliphatic rings. The normalized spacial score (nSPS) is 17.1. The van der Waals surface area contributed by atoms with Crippen LogP contribution in [0, 0.1) is 0 Å². The minimum Gasteiger partial charge on any atom is -0.490 e. The molecule has 0 unspecified atom stereocenters. The molecule has 2 aromatic rings. The monoisotopic (exact) mass is 336 g/mol. The van der Waals surface area contributed by atoms with Crippen molar-refractivity contribution >= 4 is 15.9 Å². The number of aromatic nitrogens is 2. The van der Waals surface area contributed by atoms with E-state index in [1.165, 1.54) is 5.56 Å². The smallest absolute Gasteiger partial charge is 0.297 e. The molecule has 0 saturated heterocycles. The van der Waals surface area contributed by atoms with Crippen LogP contribution in [-0.4, -0.2) is 22.3 Å². The van der Waals surface area contributed by atoms with Crippen LogP contribution < -0.4 is 9.47 Å². The van der Waals surface area contributed by atoms with Gasteiger partial charge in [0.2, 0.25) is 0 Å². The zero-order valence-electron chi connectivity index (χ0n) is 11.5. The third-order valence-electron chi connectivity index (χ3n) is 3.37. The zero-order chi connectivity index (χ0) is 14.1. The summed E-state index contributed by atoms with van der Waals surface area (Å²) in [4.78, 5) is 4.23. The average molecular weight is 337 g/mol. The molecular weight excluding hydrogens is 320 g/mol. The van der Waals surface area contributed by atoms with E-state index < -0.39 is 0 Å². The molecule has 1 aliphatic heterocycles. The van der Waals surface area contributed by atoms with Gasteiger partial charge in [-0.2, -0.15) is 4.98 Å². The number of rotatable bonds is 4. The van der Waals surface area contributed by atoms with E-state index in [4.69, 9.17) is 9.47 Å². The van der Waals surface area contributed by atoms with Crippen LogP contribution in [0.25, 0.3) is 0 Å². The summed E-state index contributed by atoms with van der Waals surface area (Å²) in [5.41, 5.74) is 1.32. The Morgan fingerprint density at radius 2 is 2.15 bits per heavy atom. The predicted molar refractivity (Wildman–Crippen MR) is 80.4 cm³/mol. The summed E-state index contributed by atoms with van der Waals surface area (Å²) in [5, 5.41) is 0. The number of hydrogen-bond donors (Lipinski definition) is 0. The fourth-order valence-corrected chi connectivity index (χ4v) is 2.62. The first-order chi connectivity index (χ1) is 9.61. The van der Waals surface area contributed by atoms with Crippen LogP contribution in [0.3, 0.4) is 0 Å². The first-order valence-corrected chi connectivity index (χ1v) is 7.53. The molecular formula is C15H17BrN2O2. The molecule has 2 heterocycles. The Morgan fingerprint density at radius 1 is 1.40 bits per heavy atom. The second-order valence-corrected chi connectivity index (χ2v) is 6.09. The maximum atomic E-state index is 5.78. The second kappa shape index (κ2) is 5.48. The summed E-state index contributed by atoms with van der Waals surface area (Å²) in [6.07, 6.45) is 1.95. The summed E-state index contributed by atoms with van der Waals surface area (Å²) in [7, 11) is 0. The fraction of sp³-hybridized carbons (Fsp3) is 0.400. The van der Waals surface area contributed by atoms with Crippen molar-refractivity contribution in [2.24, 2.45) is 0 Å². The van der Waals surface area contributed by atoms with Crippen molar-refractivity contribution in [3.05, 3.63) is 40.6 Å². The molecule has 1 aromatic carbocycles. The van der Waals surface area contributed by atoms with Crippen molar-refractivity contribution < 1.29 is 9.47 Å². The molecule has 0 N–H and O–H groups in total. The lowest BCUT2D eigenvalue weighted by atomic mass is 10.0. The highest BCUT2D eigenvalue weighted by Crippen LogP contribution is 2.24. The van der Waals surface area contributed by atoms with Gasteiger partial charge in [-0.1, -0.05) is 26.0 Å². The summed E-state index contributed by atoms with van der Waals surface area (Å²) >= 11 is 3.33. The maximum Gasteiger partial charge on any atom is 0.297 e. The Hall–Kier alpha value is -1.49. The molecule has 0 fully saturated rings. The lowest BCUT2D eigenvalue weighted by molar-refractivity contribution is 0.143. The summed E-state index contributed by atoms with van der Waals surface area (Å²) in [6.45, 7) is 5.67. The Bertz CT molecular complexity index is 569. The van der Waals surface area contributed by atoms with Gasteiger partial charge in [-0.15, -0.1) is 0 Å². The molecule has 5 heteroatoms. The lowest BCUT2D eigenvalue weighted by Gasteiger charge is -2.12. The van der Waals surface area contributed by atoms with E-state index in [2.05, 4.69) is 46.9 Å². The van der Waals surface area contributed by atoms with Crippen molar-refractivity contribution in [3.63, 3.8) is 0 Å². The van der Waals surface area contributed by atoms with Crippen LogP contribution in [0.2, 0.25) is 0 Å². The minimum atomic E-state index is 0.0235. The van der Waals surface area contributed by atoms with Crippen molar-refractivity contribution in [2.45, 2.75) is 32.4 Å². The van der Waals surface area contributed by atoms with Crippen LogP contribution in [0.15, 0.2) is 35.1 Å².